The topological polar surface area (TPSA) is 49.4 Å². The third kappa shape index (κ3) is 3.05. The minimum Gasteiger partial charge on any atom is -0.342 e. The van der Waals surface area contributed by atoms with Gasteiger partial charge in [0, 0.05) is 19.5 Å². The van der Waals surface area contributed by atoms with Gasteiger partial charge in [0.1, 0.15) is 5.54 Å². The maximum Gasteiger partial charge on any atom is 0.248 e. The highest BCUT2D eigenvalue weighted by Gasteiger charge is 2.41. The van der Waals surface area contributed by atoms with Crippen LogP contribution in [0.4, 0.5) is 0 Å². The third-order valence-corrected chi connectivity index (χ3v) is 4.73. The van der Waals surface area contributed by atoms with Crippen LogP contribution in [0.15, 0.2) is 11.6 Å². The van der Waals surface area contributed by atoms with Crippen LogP contribution in [-0.4, -0.2) is 35.3 Å². The summed E-state index contributed by atoms with van der Waals surface area (Å²) in [5.74, 6) is 0.108. The van der Waals surface area contributed by atoms with Gasteiger partial charge in [0.2, 0.25) is 11.8 Å². The van der Waals surface area contributed by atoms with Crippen LogP contribution < -0.4 is 5.32 Å². The Morgan fingerprint density at radius 1 is 1.25 bits per heavy atom. The number of carbonyl (C=O) groups excluding carboxylic acids is 2. The number of nitrogens with zero attached hydrogens (tertiary/aromatic N) is 1. The molecular weight excluding hydrogens is 252 g/mol. The molecule has 0 unspecified atom stereocenters. The van der Waals surface area contributed by atoms with Crippen LogP contribution in [-0.2, 0) is 9.59 Å². The van der Waals surface area contributed by atoms with Gasteiger partial charge in [-0.25, -0.2) is 0 Å². The number of rotatable bonds is 5. The number of hydrogen-bond acceptors (Lipinski definition) is 2. The molecule has 1 aliphatic heterocycles. The van der Waals surface area contributed by atoms with Gasteiger partial charge in [0.05, 0.1) is 0 Å². The van der Waals surface area contributed by atoms with Crippen molar-refractivity contribution >= 4 is 11.8 Å². The second-order valence-corrected chi connectivity index (χ2v) is 5.88. The van der Waals surface area contributed by atoms with Crippen LogP contribution in [0.5, 0.6) is 0 Å². The molecule has 2 aliphatic rings. The van der Waals surface area contributed by atoms with E-state index in [9.17, 15) is 9.59 Å². The molecule has 0 aromatic carbocycles. The summed E-state index contributed by atoms with van der Waals surface area (Å²) in [4.78, 5) is 26.5. The molecule has 0 aromatic heterocycles. The number of carbonyl (C=O) groups is 2. The molecule has 0 radical (unpaired) electrons. The fraction of sp³-hybridized carbons (Fsp3) is 0.750. The number of hydrogen-bond donors (Lipinski definition) is 1. The van der Waals surface area contributed by atoms with E-state index in [0.717, 1.165) is 13.0 Å². The second-order valence-electron chi connectivity index (χ2n) is 5.88. The van der Waals surface area contributed by atoms with E-state index in [1.54, 1.807) is 0 Å². The zero-order valence-electron chi connectivity index (χ0n) is 12.7. The standard InChI is InChI=1S/C16H26N2O2/c1-3-16(4-2)15(20)18(12-10-14(19)17-16)11-9-13-7-5-6-8-13/h7H,3-6,8-12H2,1-2H3,(H,17,19). The number of nitrogens with one attached hydrogen (secondary N) is 1. The summed E-state index contributed by atoms with van der Waals surface area (Å²) in [5.41, 5.74) is 0.789. The summed E-state index contributed by atoms with van der Waals surface area (Å²) in [6.45, 7) is 5.26. The molecule has 1 heterocycles. The lowest BCUT2D eigenvalue weighted by molar-refractivity contribution is -0.139. The molecule has 2 rings (SSSR count). The fourth-order valence-corrected chi connectivity index (χ4v) is 3.21. The lowest BCUT2D eigenvalue weighted by Crippen LogP contribution is -2.56. The summed E-state index contributed by atoms with van der Waals surface area (Å²) < 4.78 is 0. The minimum absolute atomic E-state index is 0.00429. The molecule has 0 spiro atoms. The van der Waals surface area contributed by atoms with Crippen molar-refractivity contribution in [2.24, 2.45) is 0 Å². The molecule has 4 nitrogen and oxygen atoms in total. The lowest BCUT2D eigenvalue weighted by Gasteiger charge is -2.33. The summed E-state index contributed by atoms with van der Waals surface area (Å²) >= 11 is 0. The lowest BCUT2D eigenvalue weighted by atomic mass is 9.91. The Kier molecular flexibility index (Phi) is 4.84. The first-order chi connectivity index (χ1) is 9.61. The van der Waals surface area contributed by atoms with Crippen LogP contribution >= 0.6 is 0 Å². The number of allylic oxidation sites excluding steroid dienone is 1. The van der Waals surface area contributed by atoms with Gasteiger partial charge in [-0.1, -0.05) is 25.5 Å². The second kappa shape index (κ2) is 6.42. The van der Waals surface area contributed by atoms with Crippen molar-refractivity contribution in [1.29, 1.82) is 0 Å². The Hall–Kier alpha value is -1.32. The zero-order chi connectivity index (χ0) is 14.6. The maximum absolute atomic E-state index is 12.8. The Balaban J connectivity index is 2.06. The quantitative estimate of drug-likeness (QED) is 0.785. The van der Waals surface area contributed by atoms with Crippen molar-refractivity contribution in [3.63, 3.8) is 0 Å². The highest BCUT2D eigenvalue weighted by atomic mass is 16.2. The molecule has 20 heavy (non-hydrogen) atoms. The van der Waals surface area contributed by atoms with Gasteiger partial charge in [-0.15, -0.1) is 0 Å². The first kappa shape index (κ1) is 15.1. The van der Waals surface area contributed by atoms with Gasteiger partial charge < -0.3 is 10.2 Å². The molecule has 2 amide bonds. The largest absolute Gasteiger partial charge is 0.342 e. The third-order valence-electron chi connectivity index (χ3n) is 4.73. The summed E-state index contributed by atoms with van der Waals surface area (Å²) in [6.07, 6.45) is 8.61. The Labute approximate surface area is 121 Å². The van der Waals surface area contributed by atoms with Gasteiger partial charge in [-0.3, -0.25) is 9.59 Å². The SMILES string of the molecule is CCC1(CC)NC(=O)CCN(CCC2=CCCC2)C1=O. The summed E-state index contributed by atoms with van der Waals surface area (Å²) in [5, 5.41) is 2.95. The molecule has 1 aliphatic carbocycles. The monoisotopic (exact) mass is 278 g/mol. The van der Waals surface area contributed by atoms with Crippen LogP contribution in [0.1, 0.15) is 58.8 Å². The van der Waals surface area contributed by atoms with E-state index in [0.29, 0.717) is 25.8 Å². The Morgan fingerprint density at radius 3 is 2.60 bits per heavy atom. The van der Waals surface area contributed by atoms with Crippen molar-refractivity contribution < 1.29 is 9.59 Å². The Bertz CT molecular complexity index is 411. The molecule has 1 N–H and O–H groups in total. The molecule has 1 fully saturated rings. The smallest absolute Gasteiger partial charge is 0.248 e. The van der Waals surface area contributed by atoms with E-state index in [1.165, 1.54) is 24.8 Å². The first-order valence-electron chi connectivity index (χ1n) is 7.89. The normalized spacial score (nSPS) is 22.5. The first-order valence-corrected chi connectivity index (χ1v) is 7.89. The predicted molar refractivity (Wildman–Crippen MR) is 79.2 cm³/mol. The fourth-order valence-electron chi connectivity index (χ4n) is 3.21. The minimum atomic E-state index is -0.683. The van der Waals surface area contributed by atoms with E-state index in [4.69, 9.17) is 0 Å². The van der Waals surface area contributed by atoms with E-state index in [2.05, 4.69) is 11.4 Å². The molecule has 4 heteroatoms. The van der Waals surface area contributed by atoms with E-state index < -0.39 is 5.54 Å². The highest BCUT2D eigenvalue weighted by molar-refractivity contribution is 5.93. The van der Waals surface area contributed by atoms with Gasteiger partial charge in [-0.05, 0) is 38.5 Å². The molecule has 1 saturated heterocycles. The van der Waals surface area contributed by atoms with Crippen molar-refractivity contribution in [3.05, 3.63) is 11.6 Å². The van der Waals surface area contributed by atoms with Crippen LogP contribution in [0.2, 0.25) is 0 Å². The van der Waals surface area contributed by atoms with E-state index in [-0.39, 0.29) is 11.8 Å². The molecule has 0 aromatic rings. The van der Waals surface area contributed by atoms with Gasteiger partial charge >= 0.3 is 0 Å². The average Bonchev–Trinajstić information content (AvgIpc) is 2.93. The molecule has 112 valence electrons. The molecule has 0 saturated carbocycles. The van der Waals surface area contributed by atoms with Gasteiger partial charge in [0.25, 0.3) is 0 Å². The highest BCUT2D eigenvalue weighted by Crippen LogP contribution is 2.24. The maximum atomic E-state index is 12.8. The van der Waals surface area contributed by atoms with Crippen molar-refractivity contribution in [2.75, 3.05) is 13.1 Å². The van der Waals surface area contributed by atoms with Crippen LogP contribution in [0.3, 0.4) is 0 Å². The molecule has 0 atom stereocenters. The number of amides is 2. The van der Waals surface area contributed by atoms with Gasteiger partial charge in [-0.2, -0.15) is 0 Å². The van der Waals surface area contributed by atoms with Crippen LogP contribution in [0.25, 0.3) is 0 Å². The van der Waals surface area contributed by atoms with E-state index in [1.807, 2.05) is 18.7 Å². The van der Waals surface area contributed by atoms with Crippen molar-refractivity contribution in [1.82, 2.24) is 10.2 Å². The van der Waals surface area contributed by atoms with Crippen molar-refractivity contribution in [2.45, 2.75) is 64.3 Å². The summed E-state index contributed by atoms with van der Waals surface area (Å²) in [7, 11) is 0. The van der Waals surface area contributed by atoms with Crippen molar-refractivity contribution in [3.8, 4) is 0 Å². The Morgan fingerprint density at radius 2 is 2.00 bits per heavy atom. The molecule has 0 bridgehead atoms. The van der Waals surface area contributed by atoms with Crippen LogP contribution in [0, 0.1) is 0 Å². The van der Waals surface area contributed by atoms with Gasteiger partial charge in [0.15, 0.2) is 0 Å². The average molecular weight is 278 g/mol. The van der Waals surface area contributed by atoms with E-state index >= 15 is 0 Å². The molecular formula is C16H26N2O2. The summed E-state index contributed by atoms with van der Waals surface area (Å²) in [6, 6.07) is 0. The zero-order valence-corrected chi connectivity index (χ0v) is 12.7. The predicted octanol–water partition coefficient (Wildman–Crippen LogP) is 2.39.